The topological polar surface area (TPSA) is 62.8 Å². The van der Waals surface area contributed by atoms with Gasteiger partial charge in [-0.2, -0.15) is 0 Å². The van der Waals surface area contributed by atoms with Crippen molar-refractivity contribution in [3.05, 3.63) is 23.8 Å². The first kappa shape index (κ1) is 19.5. The Morgan fingerprint density at radius 3 is 2.76 bits per heavy atom. The molecule has 0 spiro atoms. The quantitative estimate of drug-likeness (QED) is 0.743. The number of carbonyl (C=O) groups excluding carboxylic acids is 1. The zero-order valence-corrected chi connectivity index (χ0v) is 15.8. The molecule has 1 aromatic carbocycles. The Balaban J connectivity index is 1.81. The molecule has 2 rings (SSSR count). The van der Waals surface area contributed by atoms with Crippen molar-refractivity contribution in [2.45, 2.75) is 38.3 Å². The third kappa shape index (κ3) is 5.34. The summed E-state index contributed by atoms with van der Waals surface area (Å²) in [4.78, 5) is 14.7. The lowest BCUT2D eigenvalue weighted by molar-refractivity contribution is -0.126. The van der Waals surface area contributed by atoms with Gasteiger partial charge in [0.2, 0.25) is 5.91 Å². The van der Waals surface area contributed by atoms with Crippen LogP contribution in [0.1, 0.15) is 25.3 Å². The van der Waals surface area contributed by atoms with E-state index in [4.69, 9.17) is 9.47 Å². The van der Waals surface area contributed by atoms with Crippen molar-refractivity contribution < 1.29 is 14.3 Å². The standard InChI is InChI=1S/C19H31N3O3/c1-14(22-11-5-6-16(13-22)20-2)19(23)21-10-9-15-7-8-17(24-3)18(12-15)25-4/h7-8,12,14,16,20H,5-6,9-11,13H2,1-4H3,(H,21,23). The number of piperidine rings is 1. The number of likely N-dealkylation sites (tertiary alicyclic amines) is 1. The van der Waals surface area contributed by atoms with Crippen molar-refractivity contribution in [2.24, 2.45) is 0 Å². The second kappa shape index (κ2) is 9.63. The average molecular weight is 349 g/mol. The van der Waals surface area contributed by atoms with Gasteiger partial charge in [-0.3, -0.25) is 9.69 Å². The van der Waals surface area contributed by atoms with Gasteiger partial charge < -0.3 is 20.1 Å². The Morgan fingerprint density at radius 2 is 2.08 bits per heavy atom. The smallest absolute Gasteiger partial charge is 0.237 e. The van der Waals surface area contributed by atoms with Crippen LogP contribution in [0.4, 0.5) is 0 Å². The number of ether oxygens (including phenoxy) is 2. The van der Waals surface area contributed by atoms with Gasteiger partial charge in [0.25, 0.3) is 0 Å². The lowest BCUT2D eigenvalue weighted by Gasteiger charge is -2.35. The summed E-state index contributed by atoms with van der Waals surface area (Å²) < 4.78 is 10.6. The third-order valence-electron chi connectivity index (χ3n) is 4.95. The van der Waals surface area contributed by atoms with Gasteiger partial charge in [-0.25, -0.2) is 0 Å². The largest absolute Gasteiger partial charge is 0.493 e. The average Bonchev–Trinajstić information content (AvgIpc) is 2.67. The second-order valence-corrected chi connectivity index (χ2v) is 6.53. The summed E-state index contributed by atoms with van der Waals surface area (Å²) in [5.41, 5.74) is 1.11. The molecule has 2 N–H and O–H groups in total. The summed E-state index contributed by atoms with van der Waals surface area (Å²) in [6, 6.07) is 6.23. The number of amides is 1. The number of rotatable bonds is 8. The Hall–Kier alpha value is -1.79. The lowest BCUT2D eigenvalue weighted by atomic mass is 10.0. The first-order valence-electron chi connectivity index (χ1n) is 8.99. The third-order valence-corrected chi connectivity index (χ3v) is 4.95. The predicted molar refractivity (Wildman–Crippen MR) is 99.4 cm³/mol. The fourth-order valence-electron chi connectivity index (χ4n) is 3.27. The fraction of sp³-hybridized carbons (Fsp3) is 0.632. The van der Waals surface area contributed by atoms with E-state index in [2.05, 4.69) is 15.5 Å². The monoisotopic (exact) mass is 349 g/mol. The van der Waals surface area contributed by atoms with Crippen LogP contribution in [0, 0.1) is 0 Å². The molecule has 6 nitrogen and oxygen atoms in total. The molecule has 25 heavy (non-hydrogen) atoms. The molecule has 6 heteroatoms. The van der Waals surface area contributed by atoms with Crippen molar-refractivity contribution in [1.82, 2.24) is 15.5 Å². The van der Waals surface area contributed by atoms with E-state index in [0.717, 1.165) is 31.5 Å². The van der Waals surface area contributed by atoms with Crippen LogP contribution < -0.4 is 20.1 Å². The van der Waals surface area contributed by atoms with Gasteiger partial charge in [0.05, 0.1) is 20.3 Å². The van der Waals surface area contributed by atoms with Gasteiger partial charge in [0.1, 0.15) is 0 Å². The highest BCUT2D eigenvalue weighted by atomic mass is 16.5. The maximum atomic E-state index is 12.4. The van der Waals surface area contributed by atoms with E-state index >= 15 is 0 Å². The number of hydrogen-bond donors (Lipinski definition) is 2. The van der Waals surface area contributed by atoms with Crippen molar-refractivity contribution in [1.29, 1.82) is 0 Å². The maximum absolute atomic E-state index is 12.4. The van der Waals surface area contributed by atoms with E-state index in [-0.39, 0.29) is 11.9 Å². The van der Waals surface area contributed by atoms with Crippen LogP contribution in [0.25, 0.3) is 0 Å². The Kier molecular flexibility index (Phi) is 7.52. The molecule has 1 heterocycles. The van der Waals surface area contributed by atoms with Crippen LogP contribution in [0.15, 0.2) is 18.2 Å². The summed E-state index contributed by atoms with van der Waals surface area (Å²) in [6.07, 6.45) is 3.08. The van der Waals surface area contributed by atoms with E-state index < -0.39 is 0 Å². The van der Waals surface area contributed by atoms with Crippen LogP contribution in [0.5, 0.6) is 11.5 Å². The molecule has 1 amide bonds. The molecule has 0 radical (unpaired) electrons. The van der Waals surface area contributed by atoms with Crippen LogP contribution in [0.3, 0.4) is 0 Å². The van der Waals surface area contributed by atoms with E-state index in [1.807, 2.05) is 32.2 Å². The fourth-order valence-corrected chi connectivity index (χ4v) is 3.27. The van der Waals surface area contributed by atoms with E-state index in [0.29, 0.717) is 24.1 Å². The SMILES string of the molecule is CNC1CCCN(C(C)C(=O)NCCc2ccc(OC)c(OC)c2)C1. The number of carbonyl (C=O) groups is 1. The molecule has 1 aromatic rings. The molecule has 2 atom stereocenters. The summed E-state index contributed by atoms with van der Waals surface area (Å²) in [6.45, 7) is 4.52. The van der Waals surface area contributed by atoms with Crippen molar-refractivity contribution >= 4 is 5.91 Å². The number of nitrogens with one attached hydrogen (secondary N) is 2. The molecule has 1 aliphatic rings. The number of methoxy groups -OCH3 is 2. The number of hydrogen-bond acceptors (Lipinski definition) is 5. The van der Waals surface area contributed by atoms with Crippen molar-refractivity contribution in [3.63, 3.8) is 0 Å². The molecule has 2 unspecified atom stereocenters. The Bertz CT molecular complexity index is 565. The van der Waals surface area contributed by atoms with E-state index in [1.54, 1.807) is 14.2 Å². The van der Waals surface area contributed by atoms with Crippen molar-refractivity contribution in [2.75, 3.05) is 40.9 Å². The van der Waals surface area contributed by atoms with Crippen LogP contribution in [-0.4, -0.2) is 63.8 Å². The van der Waals surface area contributed by atoms with E-state index in [1.165, 1.54) is 6.42 Å². The highest BCUT2D eigenvalue weighted by Gasteiger charge is 2.26. The first-order valence-corrected chi connectivity index (χ1v) is 8.99. The molecule has 0 saturated carbocycles. The predicted octanol–water partition coefficient (Wildman–Crippen LogP) is 1.43. The molecular formula is C19H31N3O3. The summed E-state index contributed by atoms with van der Waals surface area (Å²) in [7, 11) is 5.24. The number of nitrogens with zero attached hydrogens (tertiary/aromatic N) is 1. The zero-order chi connectivity index (χ0) is 18.2. The molecule has 0 bridgehead atoms. The van der Waals surface area contributed by atoms with Crippen LogP contribution in [0.2, 0.25) is 0 Å². The molecule has 140 valence electrons. The minimum absolute atomic E-state index is 0.0947. The van der Waals surface area contributed by atoms with Gasteiger partial charge in [0.15, 0.2) is 11.5 Å². The van der Waals surface area contributed by atoms with Crippen molar-refractivity contribution in [3.8, 4) is 11.5 Å². The van der Waals surface area contributed by atoms with Gasteiger partial charge in [0, 0.05) is 19.1 Å². The lowest BCUT2D eigenvalue weighted by Crippen LogP contribution is -2.52. The molecule has 1 aliphatic heterocycles. The molecule has 1 saturated heterocycles. The highest BCUT2D eigenvalue weighted by Crippen LogP contribution is 2.27. The summed E-state index contributed by atoms with van der Waals surface area (Å²) in [5.74, 6) is 1.52. The maximum Gasteiger partial charge on any atom is 0.237 e. The van der Waals surface area contributed by atoms with Crippen LogP contribution >= 0.6 is 0 Å². The minimum Gasteiger partial charge on any atom is -0.493 e. The van der Waals surface area contributed by atoms with Gasteiger partial charge >= 0.3 is 0 Å². The Morgan fingerprint density at radius 1 is 1.32 bits per heavy atom. The van der Waals surface area contributed by atoms with Gasteiger partial charge in [-0.05, 0) is 57.5 Å². The second-order valence-electron chi connectivity index (χ2n) is 6.53. The number of benzene rings is 1. The van der Waals surface area contributed by atoms with E-state index in [9.17, 15) is 4.79 Å². The molecule has 0 aromatic heterocycles. The zero-order valence-electron chi connectivity index (χ0n) is 15.8. The number of likely N-dealkylation sites (N-methyl/N-ethyl adjacent to an activating group) is 1. The Labute approximate surface area is 150 Å². The minimum atomic E-state index is -0.0958. The van der Waals surface area contributed by atoms with Gasteiger partial charge in [-0.1, -0.05) is 6.07 Å². The summed E-state index contributed by atoms with van der Waals surface area (Å²) in [5, 5.41) is 6.37. The van der Waals surface area contributed by atoms with Gasteiger partial charge in [-0.15, -0.1) is 0 Å². The molecule has 0 aliphatic carbocycles. The molecule has 1 fully saturated rings. The highest BCUT2D eigenvalue weighted by molar-refractivity contribution is 5.81. The summed E-state index contributed by atoms with van der Waals surface area (Å²) >= 11 is 0. The molecular weight excluding hydrogens is 318 g/mol. The van der Waals surface area contributed by atoms with Crippen LogP contribution in [-0.2, 0) is 11.2 Å². The normalized spacial score (nSPS) is 19.3. The first-order chi connectivity index (χ1) is 12.1.